The largest absolute Gasteiger partial charge is 0.334 e. The first-order chi connectivity index (χ1) is 12.2. The van der Waals surface area contributed by atoms with Gasteiger partial charge in [-0.1, -0.05) is 78.5 Å². The van der Waals surface area contributed by atoms with Crippen LogP contribution in [0.15, 0.2) is 39.0 Å². The van der Waals surface area contributed by atoms with Crippen LogP contribution in [0, 0.1) is 0 Å². The predicted octanol–water partition coefficient (Wildman–Crippen LogP) is 3.55. The average molecular weight is 397 g/mol. The first kappa shape index (κ1) is 19.7. The minimum absolute atomic E-state index is 0.132. The maximum absolute atomic E-state index is 11.8. The molecule has 0 unspecified atom stereocenters. The lowest BCUT2D eigenvalue weighted by molar-refractivity contribution is -0.117. The molecule has 2 rings (SSSR count). The summed E-state index contributed by atoms with van der Waals surface area (Å²) in [6, 6.07) is 9.02. The standard InChI is InChI=1S/C16H20N4O2S3/c1-2-3-9-23-15-19-20-16(25-15)24-11-13(21)18-14(22)17-10-12-7-5-4-6-8-12/h4-8H,2-3,9-11H2,1H3,(H2,17,18,21,22). The molecule has 0 fully saturated rings. The predicted molar refractivity (Wildman–Crippen MR) is 103 cm³/mol. The van der Waals surface area contributed by atoms with Gasteiger partial charge in [0.15, 0.2) is 8.68 Å². The number of urea groups is 1. The van der Waals surface area contributed by atoms with E-state index in [4.69, 9.17) is 0 Å². The van der Waals surface area contributed by atoms with E-state index in [0.717, 1.165) is 32.8 Å². The fourth-order valence-electron chi connectivity index (χ4n) is 1.73. The van der Waals surface area contributed by atoms with Crippen LogP contribution in [0.5, 0.6) is 0 Å². The van der Waals surface area contributed by atoms with Gasteiger partial charge in [-0.15, -0.1) is 10.2 Å². The molecular formula is C16H20N4O2S3. The van der Waals surface area contributed by atoms with Gasteiger partial charge in [-0.3, -0.25) is 10.1 Å². The quantitative estimate of drug-likeness (QED) is 0.498. The second kappa shape index (κ2) is 11.1. The third-order valence-corrected chi connectivity index (χ3v) is 6.26. The average Bonchev–Trinajstić information content (AvgIpc) is 3.07. The number of nitrogens with zero attached hydrogens (tertiary/aromatic N) is 2. The number of rotatable bonds is 9. The highest BCUT2D eigenvalue weighted by Gasteiger charge is 2.11. The molecule has 0 saturated carbocycles. The van der Waals surface area contributed by atoms with Gasteiger partial charge < -0.3 is 5.32 Å². The molecule has 6 nitrogen and oxygen atoms in total. The lowest BCUT2D eigenvalue weighted by atomic mass is 10.2. The number of benzene rings is 1. The van der Waals surface area contributed by atoms with Crippen molar-refractivity contribution in [3.63, 3.8) is 0 Å². The Bertz CT molecular complexity index is 679. The first-order valence-corrected chi connectivity index (χ1v) is 10.7. The van der Waals surface area contributed by atoms with Crippen molar-refractivity contribution in [1.82, 2.24) is 20.8 Å². The minimum Gasteiger partial charge on any atom is -0.334 e. The van der Waals surface area contributed by atoms with E-state index in [2.05, 4.69) is 27.8 Å². The summed E-state index contributed by atoms with van der Waals surface area (Å²) in [5, 5.41) is 13.1. The zero-order valence-corrected chi connectivity index (χ0v) is 16.3. The van der Waals surface area contributed by atoms with Crippen LogP contribution in [0.4, 0.5) is 4.79 Å². The molecule has 2 aromatic rings. The Hall–Kier alpha value is -1.58. The van der Waals surface area contributed by atoms with E-state index in [9.17, 15) is 9.59 Å². The van der Waals surface area contributed by atoms with Crippen LogP contribution in [0.2, 0.25) is 0 Å². The van der Waals surface area contributed by atoms with E-state index in [1.165, 1.54) is 23.1 Å². The van der Waals surface area contributed by atoms with Gasteiger partial charge in [-0.05, 0) is 12.0 Å². The smallest absolute Gasteiger partial charge is 0.321 e. The van der Waals surface area contributed by atoms with E-state index < -0.39 is 6.03 Å². The van der Waals surface area contributed by atoms with Gasteiger partial charge in [-0.2, -0.15) is 0 Å². The number of carbonyl (C=O) groups is 2. The third-order valence-electron chi connectivity index (χ3n) is 2.99. The highest BCUT2D eigenvalue weighted by atomic mass is 32.2. The molecule has 1 aromatic carbocycles. The molecule has 0 bridgehead atoms. The van der Waals surface area contributed by atoms with Gasteiger partial charge in [0.1, 0.15) is 0 Å². The van der Waals surface area contributed by atoms with Crippen LogP contribution in [-0.2, 0) is 11.3 Å². The van der Waals surface area contributed by atoms with E-state index in [1.807, 2.05) is 30.3 Å². The number of aromatic nitrogens is 2. The fourth-order valence-corrected chi connectivity index (χ4v) is 4.70. The zero-order valence-electron chi connectivity index (χ0n) is 13.9. The minimum atomic E-state index is -0.498. The molecule has 25 heavy (non-hydrogen) atoms. The fraction of sp³-hybridized carbons (Fsp3) is 0.375. The van der Waals surface area contributed by atoms with Gasteiger partial charge in [0.2, 0.25) is 5.91 Å². The van der Waals surface area contributed by atoms with Crippen molar-refractivity contribution < 1.29 is 9.59 Å². The van der Waals surface area contributed by atoms with Crippen molar-refractivity contribution in [3.05, 3.63) is 35.9 Å². The van der Waals surface area contributed by atoms with E-state index in [0.29, 0.717) is 6.54 Å². The Morgan fingerprint density at radius 3 is 2.56 bits per heavy atom. The molecule has 0 aliphatic carbocycles. The van der Waals surface area contributed by atoms with Crippen molar-refractivity contribution in [1.29, 1.82) is 0 Å². The van der Waals surface area contributed by atoms with Crippen molar-refractivity contribution in [2.75, 3.05) is 11.5 Å². The van der Waals surface area contributed by atoms with Crippen LogP contribution in [0.1, 0.15) is 25.3 Å². The number of hydrogen-bond acceptors (Lipinski definition) is 7. The van der Waals surface area contributed by atoms with Gasteiger partial charge in [-0.25, -0.2) is 4.79 Å². The second-order valence-electron chi connectivity index (χ2n) is 5.04. The number of nitrogens with one attached hydrogen (secondary N) is 2. The molecule has 0 saturated heterocycles. The van der Waals surface area contributed by atoms with Gasteiger partial charge in [0, 0.05) is 12.3 Å². The summed E-state index contributed by atoms with van der Waals surface area (Å²) in [5.74, 6) is 0.802. The molecule has 134 valence electrons. The Morgan fingerprint density at radius 1 is 1.12 bits per heavy atom. The van der Waals surface area contributed by atoms with E-state index in [-0.39, 0.29) is 11.7 Å². The highest BCUT2D eigenvalue weighted by Crippen LogP contribution is 2.29. The molecule has 1 aromatic heterocycles. The molecule has 0 aliphatic rings. The molecule has 2 N–H and O–H groups in total. The highest BCUT2D eigenvalue weighted by molar-refractivity contribution is 8.03. The summed E-state index contributed by atoms with van der Waals surface area (Å²) >= 11 is 4.44. The summed E-state index contributed by atoms with van der Waals surface area (Å²) in [4.78, 5) is 23.5. The summed E-state index contributed by atoms with van der Waals surface area (Å²) in [6.45, 7) is 2.53. The van der Waals surface area contributed by atoms with Crippen LogP contribution in [0.25, 0.3) is 0 Å². The number of thioether (sulfide) groups is 2. The lowest BCUT2D eigenvalue weighted by Gasteiger charge is -2.06. The van der Waals surface area contributed by atoms with Crippen molar-refractivity contribution in [2.45, 2.75) is 35.0 Å². The van der Waals surface area contributed by atoms with Crippen molar-refractivity contribution in [2.24, 2.45) is 0 Å². The van der Waals surface area contributed by atoms with Crippen molar-refractivity contribution >= 4 is 46.8 Å². The van der Waals surface area contributed by atoms with E-state index >= 15 is 0 Å². The number of imide groups is 1. The zero-order chi connectivity index (χ0) is 17.9. The topological polar surface area (TPSA) is 84.0 Å². The van der Waals surface area contributed by atoms with Crippen LogP contribution < -0.4 is 10.6 Å². The van der Waals surface area contributed by atoms with Crippen LogP contribution in [-0.4, -0.2) is 33.6 Å². The number of amides is 3. The summed E-state index contributed by atoms with van der Waals surface area (Å²) in [5.41, 5.74) is 0.974. The SMILES string of the molecule is CCCCSc1nnc(SCC(=O)NC(=O)NCc2ccccc2)s1. The maximum Gasteiger partial charge on any atom is 0.321 e. The number of unbranched alkanes of at least 4 members (excludes halogenated alkanes) is 1. The first-order valence-electron chi connectivity index (χ1n) is 7.88. The molecule has 1 heterocycles. The number of carbonyl (C=O) groups excluding carboxylic acids is 2. The van der Waals surface area contributed by atoms with Gasteiger partial charge >= 0.3 is 6.03 Å². The Balaban J connectivity index is 1.65. The Labute approximate surface area is 159 Å². The summed E-state index contributed by atoms with van der Waals surface area (Å²) in [6.07, 6.45) is 2.30. The Morgan fingerprint density at radius 2 is 1.84 bits per heavy atom. The normalized spacial score (nSPS) is 10.4. The van der Waals surface area contributed by atoms with Gasteiger partial charge in [0.05, 0.1) is 5.75 Å². The maximum atomic E-state index is 11.8. The Kier molecular flexibility index (Phi) is 8.78. The molecule has 0 aliphatic heterocycles. The molecule has 9 heteroatoms. The third kappa shape index (κ3) is 7.89. The monoisotopic (exact) mass is 396 g/mol. The second-order valence-corrected chi connectivity index (χ2v) is 8.58. The number of hydrogen-bond donors (Lipinski definition) is 2. The summed E-state index contributed by atoms with van der Waals surface area (Å²) < 4.78 is 1.65. The lowest BCUT2D eigenvalue weighted by Crippen LogP contribution is -2.39. The molecule has 3 amide bonds. The van der Waals surface area contributed by atoms with Crippen LogP contribution >= 0.6 is 34.9 Å². The van der Waals surface area contributed by atoms with Crippen molar-refractivity contribution in [3.8, 4) is 0 Å². The molecule has 0 atom stereocenters. The molecule has 0 spiro atoms. The van der Waals surface area contributed by atoms with Gasteiger partial charge in [0.25, 0.3) is 0 Å². The molecular weight excluding hydrogens is 376 g/mol. The van der Waals surface area contributed by atoms with E-state index in [1.54, 1.807) is 11.8 Å². The van der Waals surface area contributed by atoms with Crippen LogP contribution in [0.3, 0.4) is 0 Å². The molecule has 0 radical (unpaired) electrons. The summed E-state index contributed by atoms with van der Waals surface area (Å²) in [7, 11) is 0.